The van der Waals surface area contributed by atoms with E-state index in [0.717, 1.165) is 43.4 Å². The van der Waals surface area contributed by atoms with E-state index in [4.69, 9.17) is 4.74 Å². The summed E-state index contributed by atoms with van der Waals surface area (Å²) in [6.45, 7) is 7.49. The first-order valence-electron chi connectivity index (χ1n) is 9.42. The van der Waals surface area contributed by atoms with Crippen molar-refractivity contribution < 1.29 is 9.53 Å². The molecule has 1 fully saturated rings. The van der Waals surface area contributed by atoms with E-state index in [0.29, 0.717) is 5.75 Å². The average molecular weight is 389 g/mol. The predicted octanol–water partition coefficient (Wildman–Crippen LogP) is 3.05. The number of aromatic nitrogens is 3. The highest BCUT2D eigenvalue weighted by molar-refractivity contribution is 7.99. The predicted molar refractivity (Wildman–Crippen MR) is 107 cm³/mol. The first-order chi connectivity index (χ1) is 12.9. The molecule has 146 valence electrons. The quantitative estimate of drug-likeness (QED) is 0.739. The molecular formula is C20H28N4O2S. The molecule has 0 radical (unpaired) electrons. The maximum Gasteiger partial charge on any atom is 0.230 e. The molecule has 1 aliphatic heterocycles. The van der Waals surface area contributed by atoms with Gasteiger partial charge in [0, 0.05) is 18.6 Å². The Morgan fingerprint density at radius 3 is 2.74 bits per heavy atom. The minimum Gasteiger partial charge on any atom is -0.376 e. The van der Waals surface area contributed by atoms with E-state index < -0.39 is 0 Å². The van der Waals surface area contributed by atoms with E-state index in [1.54, 1.807) is 0 Å². The molecule has 6 nitrogen and oxygen atoms in total. The average Bonchev–Trinajstić information content (AvgIpc) is 3.24. The van der Waals surface area contributed by atoms with E-state index in [2.05, 4.69) is 32.2 Å². The first-order valence-corrected chi connectivity index (χ1v) is 10.4. The van der Waals surface area contributed by atoms with Gasteiger partial charge in [-0.3, -0.25) is 4.79 Å². The molecule has 1 aromatic heterocycles. The van der Waals surface area contributed by atoms with Crippen molar-refractivity contribution in [2.24, 2.45) is 0 Å². The number of amides is 1. The van der Waals surface area contributed by atoms with Crippen molar-refractivity contribution >= 4 is 17.7 Å². The van der Waals surface area contributed by atoms with E-state index in [9.17, 15) is 4.79 Å². The number of ether oxygens (including phenoxy) is 1. The Bertz CT molecular complexity index is 749. The van der Waals surface area contributed by atoms with Gasteiger partial charge in [-0.05, 0) is 39.2 Å². The molecule has 3 rings (SSSR count). The maximum atomic E-state index is 12.2. The molecule has 1 aromatic carbocycles. The van der Waals surface area contributed by atoms with Crippen LogP contribution in [-0.4, -0.2) is 44.7 Å². The van der Waals surface area contributed by atoms with Gasteiger partial charge in [0.25, 0.3) is 0 Å². The number of benzene rings is 1. The van der Waals surface area contributed by atoms with Crippen molar-refractivity contribution in [2.75, 3.05) is 12.4 Å². The van der Waals surface area contributed by atoms with Gasteiger partial charge >= 0.3 is 0 Å². The van der Waals surface area contributed by atoms with E-state index in [-0.39, 0.29) is 17.6 Å². The summed E-state index contributed by atoms with van der Waals surface area (Å²) in [6, 6.07) is 10.3. The van der Waals surface area contributed by atoms with Crippen LogP contribution >= 0.6 is 11.8 Å². The smallest absolute Gasteiger partial charge is 0.230 e. The molecule has 1 atom stereocenters. The van der Waals surface area contributed by atoms with Gasteiger partial charge in [-0.15, -0.1) is 10.2 Å². The van der Waals surface area contributed by atoms with Crippen molar-refractivity contribution in [3.05, 3.63) is 41.7 Å². The molecule has 2 aromatic rings. The third-order valence-electron chi connectivity index (χ3n) is 4.26. The minimum atomic E-state index is -0.235. The third kappa shape index (κ3) is 6.07. The zero-order valence-electron chi connectivity index (χ0n) is 16.3. The number of nitrogens with one attached hydrogen (secondary N) is 1. The van der Waals surface area contributed by atoms with Crippen LogP contribution in [0.25, 0.3) is 0 Å². The standard InChI is InChI=1S/C20H28N4O2S/c1-20(2,3)21-18(25)14-27-19-23-22-17(12-15-8-5-4-6-9-15)24(19)13-16-10-7-11-26-16/h4-6,8-9,16H,7,10-14H2,1-3H3,(H,21,25)/t16-/m1/s1. The van der Waals surface area contributed by atoms with Crippen LogP contribution in [-0.2, 0) is 22.5 Å². The third-order valence-corrected chi connectivity index (χ3v) is 5.22. The molecule has 1 amide bonds. The maximum absolute atomic E-state index is 12.2. The summed E-state index contributed by atoms with van der Waals surface area (Å²) in [4.78, 5) is 12.2. The van der Waals surface area contributed by atoms with E-state index in [1.807, 2.05) is 39.0 Å². The summed E-state index contributed by atoms with van der Waals surface area (Å²) in [5.74, 6) is 1.24. The number of hydrogen-bond donors (Lipinski definition) is 1. The highest BCUT2D eigenvalue weighted by atomic mass is 32.2. The van der Waals surface area contributed by atoms with Gasteiger partial charge in [-0.25, -0.2) is 0 Å². The SMILES string of the molecule is CC(C)(C)NC(=O)CSc1nnc(Cc2ccccc2)n1C[C@H]1CCCO1. The lowest BCUT2D eigenvalue weighted by Crippen LogP contribution is -2.41. The van der Waals surface area contributed by atoms with Crippen LogP contribution in [0.1, 0.15) is 45.0 Å². The van der Waals surface area contributed by atoms with Gasteiger partial charge in [-0.2, -0.15) is 0 Å². The minimum absolute atomic E-state index is 0.00350. The Hall–Kier alpha value is -1.86. The Morgan fingerprint density at radius 1 is 1.30 bits per heavy atom. The molecule has 27 heavy (non-hydrogen) atoms. The van der Waals surface area contributed by atoms with Crippen molar-refractivity contribution in [1.82, 2.24) is 20.1 Å². The molecule has 1 N–H and O–H groups in total. The number of rotatable bonds is 7. The molecular weight excluding hydrogens is 360 g/mol. The number of carbonyl (C=O) groups is 1. The van der Waals surface area contributed by atoms with Crippen LogP contribution in [0.4, 0.5) is 0 Å². The van der Waals surface area contributed by atoms with Crippen LogP contribution in [0, 0.1) is 0 Å². The van der Waals surface area contributed by atoms with Crippen molar-refractivity contribution in [1.29, 1.82) is 0 Å². The van der Waals surface area contributed by atoms with Crippen LogP contribution in [0.3, 0.4) is 0 Å². The fraction of sp³-hybridized carbons (Fsp3) is 0.550. The summed E-state index contributed by atoms with van der Waals surface area (Å²) in [7, 11) is 0. The van der Waals surface area contributed by atoms with Gasteiger partial charge in [0.2, 0.25) is 5.91 Å². The van der Waals surface area contributed by atoms with Crippen molar-refractivity contribution in [3.63, 3.8) is 0 Å². The van der Waals surface area contributed by atoms with Gasteiger partial charge < -0.3 is 14.6 Å². The number of nitrogens with zero attached hydrogens (tertiary/aromatic N) is 3. The summed E-state index contributed by atoms with van der Waals surface area (Å²) < 4.78 is 7.94. The highest BCUT2D eigenvalue weighted by Gasteiger charge is 2.22. The Morgan fingerprint density at radius 2 is 2.07 bits per heavy atom. The fourth-order valence-electron chi connectivity index (χ4n) is 3.09. The fourth-order valence-corrected chi connectivity index (χ4v) is 3.86. The molecule has 1 saturated heterocycles. The zero-order chi connectivity index (χ0) is 19.3. The lowest BCUT2D eigenvalue weighted by atomic mass is 10.1. The lowest BCUT2D eigenvalue weighted by molar-refractivity contribution is -0.119. The molecule has 7 heteroatoms. The van der Waals surface area contributed by atoms with Gasteiger partial charge in [-0.1, -0.05) is 42.1 Å². The summed E-state index contributed by atoms with van der Waals surface area (Å²) >= 11 is 1.43. The van der Waals surface area contributed by atoms with Crippen molar-refractivity contribution in [3.8, 4) is 0 Å². The molecule has 1 aliphatic rings. The van der Waals surface area contributed by atoms with Gasteiger partial charge in [0.05, 0.1) is 18.4 Å². The Balaban J connectivity index is 1.72. The topological polar surface area (TPSA) is 69.0 Å². The highest BCUT2D eigenvalue weighted by Crippen LogP contribution is 2.22. The van der Waals surface area contributed by atoms with Crippen molar-refractivity contribution in [2.45, 2.75) is 63.4 Å². The van der Waals surface area contributed by atoms with Gasteiger partial charge in [0.15, 0.2) is 5.16 Å². The second-order valence-electron chi connectivity index (χ2n) is 7.89. The Labute approximate surface area is 165 Å². The lowest BCUT2D eigenvalue weighted by Gasteiger charge is -2.20. The van der Waals surface area contributed by atoms with E-state index >= 15 is 0 Å². The Kier molecular flexibility index (Phi) is 6.55. The second kappa shape index (κ2) is 8.89. The normalized spacial score (nSPS) is 17.2. The summed E-state index contributed by atoms with van der Waals surface area (Å²) in [5.41, 5.74) is 0.960. The second-order valence-corrected chi connectivity index (χ2v) is 8.84. The summed E-state index contributed by atoms with van der Waals surface area (Å²) in [6.07, 6.45) is 3.06. The molecule has 0 spiro atoms. The molecule has 0 unspecified atom stereocenters. The number of carbonyl (C=O) groups excluding carboxylic acids is 1. The van der Waals surface area contributed by atoms with Crippen LogP contribution in [0.15, 0.2) is 35.5 Å². The first kappa shape index (κ1) is 19.9. The number of hydrogen-bond acceptors (Lipinski definition) is 5. The van der Waals surface area contributed by atoms with Gasteiger partial charge in [0.1, 0.15) is 5.82 Å². The monoisotopic (exact) mass is 388 g/mol. The molecule has 0 saturated carbocycles. The molecule has 2 heterocycles. The van der Waals surface area contributed by atoms with Crippen LogP contribution in [0.5, 0.6) is 0 Å². The van der Waals surface area contributed by atoms with Crippen LogP contribution in [0.2, 0.25) is 0 Å². The largest absolute Gasteiger partial charge is 0.376 e. The van der Waals surface area contributed by atoms with E-state index in [1.165, 1.54) is 17.3 Å². The summed E-state index contributed by atoms with van der Waals surface area (Å²) in [5, 5.41) is 12.5. The van der Waals surface area contributed by atoms with Crippen LogP contribution < -0.4 is 5.32 Å². The number of thioether (sulfide) groups is 1. The molecule has 0 bridgehead atoms. The molecule has 0 aliphatic carbocycles. The zero-order valence-corrected chi connectivity index (χ0v) is 17.1.